The molecule has 2 rings (SSSR count). The summed E-state index contributed by atoms with van der Waals surface area (Å²) in [5.41, 5.74) is 1.17. The van der Waals surface area contributed by atoms with Crippen molar-refractivity contribution in [3.05, 3.63) is 23.9 Å². The van der Waals surface area contributed by atoms with E-state index >= 15 is 0 Å². The lowest BCUT2D eigenvalue weighted by molar-refractivity contribution is -0.0119. The second kappa shape index (κ2) is 6.71. The fraction of sp³-hybridized carbons (Fsp3) is 0.643. The topological polar surface area (TPSA) is 43.4 Å². The van der Waals surface area contributed by atoms with Gasteiger partial charge in [-0.3, -0.25) is 0 Å². The van der Waals surface area contributed by atoms with Crippen LogP contribution < -0.4 is 10.1 Å². The first-order chi connectivity index (χ1) is 8.79. The normalized spacial score (nSPS) is 21.6. The summed E-state index contributed by atoms with van der Waals surface area (Å²) in [4.78, 5) is 4.31. The molecule has 2 unspecified atom stereocenters. The Hall–Kier alpha value is -1.13. The van der Waals surface area contributed by atoms with E-state index in [2.05, 4.69) is 17.2 Å². The highest BCUT2D eigenvalue weighted by Gasteiger charge is 2.14. The number of rotatable bonds is 5. The van der Waals surface area contributed by atoms with Crippen LogP contribution in [-0.2, 0) is 4.74 Å². The molecule has 0 spiro atoms. The average molecular weight is 250 g/mol. The summed E-state index contributed by atoms with van der Waals surface area (Å²) in [5, 5.41) is 3.18. The molecule has 1 aromatic rings. The van der Waals surface area contributed by atoms with Crippen LogP contribution in [0.25, 0.3) is 0 Å². The third-order valence-corrected chi connectivity index (χ3v) is 3.38. The van der Waals surface area contributed by atoms with E-state index in [0.29, 0.717) is 18.5 Å². The zero-order valence-electron chi connectivity index (χ0n) is 11.2. The number of ether oxygens (including phenoxy) is 2. The van der Waals surface area contributed by atoms with E-state index in [1.165, 1.54) is 18.4 Å². The van der Waals surface area contributed by atoms with Gasteiger partial charge >= 0.3 is 0 Å². The summed E-state index contributed by atoms with van der Waals surface area (Å²) >= 11 is 0. The van der Waals surface area contributed by atoms with Gasteiger partial charge in [-0.25, -0.2) is 4.98 Å². The lowest BCUT2D eigenvalue weighted by Gasteiger charge is -2.22. The van der Waals surface area contributed by atoms with Gasteiger partial charge in [0, 0.05) is 24.9 Å². The number of pyridine rings is 1. The molecule has 0 saturated carbocycles. The van der Waals surface area contributed by atoms with Crippen LogP contribution in [0, 0.1) is 0 Å². The summed E-state index contributed by atoms with van der Waals surface area (Å²) in [7, 11) is 1.94. The summed E-state index contributed by atoms with van der Waals surface area (Å²) in [5.74, 6) is 0.677. The highest BCUT2D eigenvalue weighted by atomic mass is 16.5. The van der Waals surface area contributed by atoms with E-state index in [1.54, 1.807) is 0 Å². The van der Waals surface area contributed by atoms with Crippen LogP contribution in [-0.4, -0.2) is 31.3 Å². The maximum absolute atomic E-state index is 5.66. The van der Waals surface area contributed by atoms with Gasteiger partial charge in [0.25, 0.3) is 0 Å². The number of hydrogen-bond donors (Lipinski definition) is 1. The van der Waals surface area contributed by atoms with Crippen LogP contribution in [0.5, 0.6) is 5.88 Å². The van der Waals surface area contributed by atoms with Crippen molar-refractivity contribution in [2.45, 2.75) is 38.3 Å². The molecule has 0 bridgehead atoms. The molecule has 1 saturated heterocycles. The molecule has 0 radical (unpaired) electrons. The van der Waals surface area contributed by atoms with Crippen molar-refractivity contribution in [3.8, 4) is 5.88 Å². The van der Waals surface area contributed by atoms with Gasteiger partial charge in [0.15, 0.2) is 0 Å². The van der Waals surface area contributed by atoms with E-state index in [4.69, 9.17) is 9.47 Å². The number of nitrogens with one attached hydrogen (secondary N) is 1. The zero-order valence-corrected chi connectivity index (χ0v) is 11.2. The van der Waals surface area contributed by atoms with E-state index in [0.717, 1.165) is 13.0 Å². The number of nitrogens with zero attached hydrogens (tertiary/aromatic N) is 1. The molecule has 0 aromatic carbocycles. The Bertz CT molecular complexity index is 347. The van der Waals surface area contributed by atoms with Gasteiger partial charge < -0.3 is 14.8 Å². The molecule has 1 aromatic heterocycles. The molecular weight excluding hydrogens is 228 g/mol. The average Bonchev–Trinajstić information content (AvgIpc) is 2.46. The van der Waals surface area contributed by atoms with Crippen molar-refractivity contribution >= 4 is 0 Å². The predicted molar refractivity (Wildman–Crippen MR) is 70.8 cm³/mol. The molecule has 100 valence electrons. The molecule has 0 aliphatic carbocycles. The van der Waals surface area contributed by atoms with Crippen LogP contribution in [0.2, 0.25) is 0 Å². The van der Waals surface area contributed by atoms with Crippen molar-refractivity contribution < 1.29 is 9.47 Å². The van der Waals surface area contributed by atoms with Gasteiger partial charge in [-0.1, -0.05) is 6.07 Å². The molecule has 0 amide bonds. The third-order valence-electron chi connectivity index (χ3n) is 3.38. The first kappa shape index (κ1) is 13.3. The maximum Gasteiger partial charge on any atom is 0.213 e. The Morgan fingerprint density at radius 1 is 1.50 bits per heavy atom. The van der Waals surface area contributed by atoms with Gasteiger partial charge in [0.2, 0.25) is 5.88 Å². The molecule has 1 N–H and O–H groups in total. The van der Waals surface area contributed by atoms with E-state index in [9.17, 15) is 0 Å². The summed E-state index contributed by atoms with van der Waals surface area (Å²) < 4.78 is 11.3. The van der Waals surface area contributed by atoms with Crippen molar-refractivity contribution in [1.29, 1.82) is 0 Å². The van der Waals surface area contributed by atoms with Gasteiger partial charge in [0.05, 0.1) is 6.10 Å². The highest BCUT2D eigenvalue weighted by molar-refractivity contribution is 5.20. The van der Waals surface area contributed by atoms with E-state index in [-0.39, 0.29) is 6.10 Å². The third kappa shape index (κ3) is 3.68. The van der Waals surface area contributed by atoms with Gasteiger partial charge in [-0.05, 0) is 38.8 Å². The summed E-state index contributed by atoms with van der Waals surface area (Å²) in [6.07, 6.45) is 5.59. The minimum absolute atomic E-state index is 0.233. The van der Waals surface area contributed by atoms with E-state index in [1.807, 2.05) is 25.4 Å². The van der Waals surface area contributed by atoms with Gasteiger partial charge in [-0.2, -0.15) is 0 Å². The van der Waals surface area contributed by atoms with Crippen LogP contribution in [0.15, 0.2) is 18.3 Å². The first-order valence-corrected chi connectivity index (χ1v) is 6.67. The van der Waals surface area contributed by atoms with Crippen molar-refractivity contribution in [2.24, 2.45) is 0 Å². The molecule has 1 aliphatic rings. The molecule has 4 nitrogen and oxygen atoms in total. The minimum atomic E-state index is 0.233. The number of aromatic nitrogens is 1. The molecule has 1 fully saturated rings. The van der Waals surface area contributed by atoms with Crippen LogP contribution in [0.3, 0.4) is 0 Å². The molecular formula is C14H22N2O2. The Labute approximate surface area is 109 Å². The summed E-state index contributed by atoms with van der Waals surface area (Å²) in [6.45, 7) is 3.57. The quantitative estimate of drug-likeness (QED) is 0.871. The Kier molecular flexibility index (Phi) is 4.96. The largest absolute Gasteiger partial charge is 0.475 e. The summed E-state index contributed by atoms with van der Waals surface area (Å²) in [6, 6.07) is 4.28. The minimum Gasteiger partial charge on any atom is -0.475 e. The van der Waals surface area contributed by atoms with Crippen LogP contribution >= 0.6 is 0 Å². The van der Waals surface area contributed by atoms with Crippen molar-refractivity contribution in [3.63, 3.8) is 0 Å². The second-order valence-corrected chi connectivity index (χ2v) is 4.74. The SMILES string of the molecule is CNC(C)c1ccc(OCC2CCCCO2)nc1. The Morgan fingerprint density at radius 2 is 2.39 bits per heavy atom. The maximum atomic E-state index is 5.66. The lowest BCUT2D eigenvalue weighted by atomic mass is 10.1. The van der Waals surface area contributed by atoms with E-state index < -0.39 is 0 Å². The molecule has 1 aliphatic heterocycles. The first-order valence-electron chi connectivity index (χ1n) is 6.67. The number of hydrogen-bond acceptors (Lipinski definition) is 4. The Morgan fingerprint density at radius 3 is 3.00 bits per heavy atom. The zero-order chi connectivity index (χ0) is 12.8. The predicted octanol–water partition coefficient (Wildman–Crippen LogP) is 2.31. The van der Waals surface area contributed by atoms with Gasteiger partial charge in [0.1, 0.15) is 6.61 Å². The standard InChI is InChI=1S/C14H22N2O2/c1-11(15-2)12-6-7-14(16-9-12)18-10-13-5-3-4-8-17-13/h6-7,9,11,13,15H,3-5,8,10H2,1-2H3. The molecule has 18 heavy (non-hydrogen) atoms. The van der Waals surface area contributed by atoms with Crippen molar-refractivity contribution in [1.82, 2.24) is 10.3 Å². The lowest BCUT2D eigenvalue weighted by Crippen LogP contribution is -2.26. The second-order valence-electron chi connectivity index (χ2n) is 4.74. The van der Waals surface area contributed by atoms with Crippen molar-refractivity contribution in [2.75, 3.05) is 20.3 Å². The fourth-order valence-electron chi connectivity index (χ4n) is 2.02. The smallest absolute Gasteiger partial charge is 0.213 e. The fourth-order valence-corrected chi connectivity index (χ4v) is 2.02. The molecule has 2 heterocycles. The monoisotopic (exact) mass is 250 g/mol. The highest BCUT2D eigenvalue weighted by Crippen LogP contribution is 2.16. The van der Waals surface area contributed by atoms with Crippen LogP contribution in [0.4, 0.5) is 0 Å². The Balaban J connectivity index is 1.82. The van der Waals surface area contributed by atoms with Gasteiger partial charge in [-0.15, -0.1) is 0 Å². The molecule has 4 heteroatoms. The molecule has 2 atom stereocenters. The van der Waals surface area contributed by atoms with Crippen LogP contribution in [0.1, 0.15) is 37.8 Å².